The maximum atomic E-state index is 12.1. The first-order valence-corrected chi connectivity index (χ1v) is 8.50. The third-order valence-electron chi connectivity index (χ3n) is 2.58. The Bertz CT molecular complexity index is 690. The van der Waals surface area contributed by atoms with E-state index in [9.17, 15) is 9.59 Å². The van der Waals surface area contributed by atoms with Gasteiger partial charge in [-0.1, -0.05) is 29.2 Å². The minimum absolute atomic E-state index is 0.159. The number of hydrogen-bond donors (Lipinski definition) is 1. The van der Waals surface area contributed by atoms with Crippen LogP contribution < -0.4 is 10.1 Å². The Morgan fingerprint density at radius 1 is 1.35 bits per heavy atom. The summed E-state index contributed by atoms with van der Waals surface area (Å²) in [5.74, 6) is 0.143. The Hall–Kier alpha value is -2.13. The zero-order valence-corrected chi connectivity index (χ0v) is 14.2. The molecule has 2 aromatic rings. The molecule has 122 valence electrons. The third kappa shape index (κ3) is 5.22. The second-order valence-electron chi connectivity index (χ2n) is 4.15. The van der Waals surface area contributed by atoms with Crippen molar-refractivity contribution in [2.45, 2.75) is 11.3 Å². The lowest BCUT2D eigenvalue weighted by atomic mass is 10.2. The number of aromatic nitrogens is 2. The van der Waals surface area contributed by atoms with Crippen LogP contribution in [0.2, 0.25) is 0 Å². The standard InChI is InChI=1S/C14H15N3O4S2/c1-3-21-11(18)8-22-14-17-16-13(23-14)15-12(19)9-5-4-6-10(7-9)20-2/h4-7H,3,8H2,1-2H3,(H,15,16,19). The van der Waals surface area contributed by atoms with E-state index >= 15 is 0 Å². The predicted molar refractivity (Wildman–Crippen MR) is 88.2 cm³/mol. The fourth-order valence-electron chi connectivity index (χ4n) is 1.58. The number of rotatable bonds is 7. The smallest absolute Gasteiger partial charge is 0.316 e. The molecule has 1 aromatic carbocycles. The summed E-state index contributed by atoms with van der Waals surface area (Å²) in [4.78, 5) is 23.4. The van der Waals surface area contributed by atoms with Gasteiger partial charge in [0.05, 0.1) is 19.5 Å². The van der Waals surface area contributed by atoms with Gasteiger partial charge in [-0.05, 0) is 25.1 Å². The van der Waals surface area contributed by atoms with Crippen molar-refractivity contribution < 1.29 is 19.1 Å². The number of thioether (sulfide) groups is 1. The molecule has 7 nitrogen and oxygen atoms in total. The molecular formula is C14H15N3O4S2. The summed E-state index contributed by atoms with van der Waals surface area (Å²) in [5.41, 5.74) is 0.459. The predicted octanol–water partition coefficient (Wildman–Crippen LogP) is 2.45. The molecule has 23 heavy (non-hydrogen) atoms. The number of esters is 1. The summed E-state index contributed by atoms with van der Waals surface area (Å²) in [6.45, 7) is 2.09. The van der Waals surface area contributed by atoms with E-state index in [2.05, 4.69) is 15.5 Å². The van der Waals surface area contributed by atoms with E-state index in [0.29, 0.717) is 27.4 Å². The van der Waals surface area contributed by atoms with Crippen molar-refractivity contribution in [1.82, 2.24) is 10.2 Å². The Kier molecular flexibility index (Phi) is 6.36. The van der Waals surface area contributed by atoms with Crippen LogP contribution in [0.15, 0.2) is 28.6 Å². The molecular weight excluding hydrogens is 338 g/mol. The minimum Gasteiger partial charge on any atom is -0.497 e. The number of nitrogens with one attached hydrogen (secondary N) is 1. The molecule has 1 N–H and O–H groups in total. The van der Waals surface area contributed by atoms with Crippen LogP contribution in [0.4, 0.5) is 5.13 Å². The SMILES string of the molecule is CCOC(=O)CSc1nnc(NC(=O)c2cccc(OC)c2)s1. The molecule has 0 saturated carbocycles. The van der Waals surface area contributed by atoms with Gasteiger partial charge < -0.3 is 9.47 Å². The summed E-state index contributed by atoms with van der Waals surface area (Å²) in [6.07, 6.45) is 0. The number of ether oxygens (including phenoxy) is 2. The number of benzene rings is 1. The van der Waals surface area contributed by atoms with Crippen LogP contribution in [0.1, 0.15) is 17.3 Å². The molecule has 0 aliphatic rings. The van der Waals surface area contributed by atoms with Crippen molar-refractivity contribution in [3.63, 3.8) is 0 Å². The quantitative estimate of drug-likeness (QED) is 0.464. The molecule has 1 aromatic heterocycles. The maximum absolute atomic E-state index is 12.1. The molecule has 0 bridgehead atoms. The monoisotopic (exact) mass is 353 g/mol. The van der Waals surface area contributed by atoms with E-state index in [4.69, 9.17) is 9.47 Å². The van der Waals surface area contributed by atoms with Gasteiger partial charge in [-0.2, -0.15) is 0 Å². The Balaban J connectivity index is 1.93. The highest BCUT2D eigenvalue weighted by Crippen LogP contribution is 2.26. The first-order chi connectivity index (χ1) is 11.1. The van der Waals surface area contributed by atoms with Gasteiger partial charge >= 0.3 is 5.97 Å². The number of methoxy groups -OCH3 is 1. The van der Waals surface area contributed by atoms with E-state index in [1.54, 1.807) is 31.2 Å². The summed E-state index contributed by atoms with van der Waals surface area (Å²) >= 11 is 2.41. The van der Waals surface area contributed by atoms with E-state index in [-0.39, 0.29) is 17.6 Å². The molecule has 2 rings (SSSR count). The molecule has 9 heteroatoms. The van der Waals surface area contributed by atoms with Gasteiger partial charge in [-0.15, -0.1) is 10.2 Å². The molecule has 0 fully saturated rings. The van der Waals surface area contributed by atoms with Gasteiger partial charge in [-0.3, -0.25) is 14.9 Å². The van der Waals surface area contributed by atoms with Gasteiger partial charge in [0.1, 0.15) is 5.75 Å². The van der Waals surface area contributed by atoms with Crippen LogP contribution in [-0.4, -0.2) is 41.5 Å². The summed E-state index contributed by atoms with van der Waals surface area (Å²) < 4.78 is 10.5. The van der Waals surface area contributed by atoms with Crippen molar-refractivity contribution in [3.05, 3.63) is 29.8 Å². The molecule has 1 heterocycles. The number of carbonyl (C=O) groups is 2. The van der Waals surface area contributed by atoms with Crippen LogP contribution in [0.3, 0.4) is 0 Å². The van der Waals surface area contributed by atoms with Gasteiger partial charge in [-0.25, -0.2) is 0 Å². The van der Waals surface area contributed by atoms with Crippen LogP contribution in [-0.2, 0) is 9.53 Å². The average Bonchev–Trinajstić information content (AvgIpc) is 3.00. The zero-order chi connectivity index (χ0) is 16.7. The lowest BCUT2D eigenvalue weighted by Gasteiger charge is -2.03. The van der Waals surface area contributed by atoms with Crippen molar-refractivity contribution in [3.8, 4) is 5.75 Å². The van der Waals surface area contributed by atoms with Gasteiger partial charge in [0, 0.05) is 5.56 Å². The molecule has 0 saturated heterocycles. The van der Waals surface area contributed by atoms with Crippen molar-refractivity contribution in [2.24, 2.45) is 0 Å². The minimum atomic E-state index is -0.310. The van der Waals surface area contributed by atoms with Crippen LogP contribution in [0.5, 0.6) is 5.75 Å². The topological polar surface area (TPSA) is 90.4 Å². The first kappa shape index (κ1) is 17.2. The fraction of sp³-hybridized carbons (Fsp3) is 0.286. The molecule has 0 radical (unpaired) electrons. The van der Waals surface area contributed by atoms with Crippen LogP contribution >= 0.6 is 23.1 Å². The van der Waals surface area contributed by atoms with Crippen LogP contribution in [0, 0.1) is 0 Å². The molecule has 0 aliphatic heterocycles. The largest absolute Gasteiger partial charge is 0.497 e. The number of anilines is 1. The highest BCUT2D eigenvalue weighted by atomic mass is 32.2. The molecule has 0 spiro atoms. The van der Waals surface area contributed by atoms with Crippen molar-refractivity contribution in [1.29, 1.82) is 0 Å². The number of carbonyl (C=O) groups excluding carboxylic acids is 2. The van der Waals surface area contributed by atoms with E-state index < -0.39 is 0 Å². The first-order valence-electron chi connectivity index (χ1n) is 6.69. The number of hydrogen-bond acceptors (Lipinski definition) is 8. The average molecular weight is 353 g/mol. The van der Waals surface area contributed by atoms with Gasteiger partial charge in [0.15, 0.2) is 4.34 Å². The maximum Gasteiger partial charge on any atom is 0.316 e. The lowest BCUT2D eigenvalue weighted by Crippen LogP contribution is -2.11. The Morgan fingerprint density at radius 3 is 2.91 bits per heavy atom. The van der Waals surface area contributed by atoms with Crippen molar-refractivity contribution in [2.75, 3.05) is 24.8 Å². The fourth-order valence-corrected chi connectivity index (χ4v) is 3.12. The summed E-state index contributed by atoms with van der Waals surface area (Å²) in [7, 11) is 1.54. The van der Waals surface area contributed by atoms with E-state index in [1.165, 1.54) is 30.2 Å². The molecule has 1 amide bonds. The number of amides is 1. The molecule has 0 unspecified atom stereocenters. The number of nitrogens with zero attached hydrogens (tertiary/aromatic N) is 2. The lowest BCUT2D eigenvalue weighted by molar-refractivity contribution is -0.139. The molecule has 0 aliphatic carbocycles. The van der Waals surface area contributed by atoms with E-state index in [1.807, 2.05) is 0 Å². The Morgan fingerprint density at radius 2 is 2.17 bits per heavy atom. The molecule has 0 atom stereocenters. The normalized spacial score (nSPS) is 10.2. The second-order valence-corrected chi connectivity index (χ2v) is 6.35. The highest BCUT2D eigenvalue weighted by molar-refractivity contribution is 8.01. The Labute approximate surface area is 141 Å². The van der Waals surface area contributed by atoms with E-state index in [0.717, 1.165) is 0 Å². The van der Waals surface area contributed by atoms with Crippen molar-refractivity contribution >= 4 is 40.1 Å². The van der Waals surface area contributed by atoms with Gasteiger partial charge in [0.2, 0.25) is 5.13 Å². The summed E-state index contributed by atoms with van der Waals surface area (Å²) in [6, 6.07) is 6.79. The highest BCUT2D eigenvalue weighted by Gasteiger charge is 2.12. The van der Waals surface area contributed by atoms with Crippen LogP contribution in [0.25, 0.3) is 0 Å². The summed E-state index contributed by atoms with van der Waals surface area (Å²) in [5, 5.41) is 10.8. The third-order valence-corrected chi connectivity index (χ3v) is 4.52. The zero-order valence-electron chi connectivity index (χ0n) is 12.6. The van der Waals surface area contributed by atoms with Gasteiger partial charge in [0.25, 0.3) is 5.91 Å². The second kappa shape index (κ2) is 8.49.